The van der Waals surface area contributed by atoms with Crippen molar-refractivity contribution in [3.8, 4) is 6.07 Å². The number of anilines is 1. The van der Waals surface area contributed by atoms with Crippen molar-refractivity contribution >= 4 is 29.1 Å². The molecule has 0 aromatic heterocycles. The fourth-order valence-corrected chi connectivity index (χ4v) is 2.17. The molecular formula is C14H14ClN3O2. The van der Waals surface area contributed by atoms with Crippen LogP contribution in [0.5, 0.6) is 0 Å². The molecule has 1 aliphatic rings. The predicted octanol–water partition coefficient (Wildman–Crippen LogP) is 1.67. The molecule has 6 heteroatoms. The molecule has 2 rings (SSSR count). The first-order chi connectivity index (χ1) is 9.51. The van der Waals surface area contributed by atoms with Crippen molar-refractivity contribution in [1.29, 1.82) is 5.26 Å². The maximum atomic E-state index is 12.0. The monoisotopic (exact) mass is 291 g/mol. The minimum absolute atomic E-state index is 0.130. The SMILES string of the molecule is CC(C#N)CN1C(=O)CN(c2ccc(Cl)cc2)CC1=O. The molecule has 1 atom stereocenters. The Hall–Kier alpha value is -2.06. The highest BCUT2D eigenvalue weighted by molar-refractivity contribution is 6.30. The average Bonchev–Trinajstić information content (AvgIpc) is 2.43. The van der Waals surface area contributed by atoms with Gasteiger partial charge in [-0.05, 0) is 31.2 Å². The molecule has 0 bridgehead atoms. The van der Waals surface area contributed by atoms with Crippen LogP contribution in [-0.4, -0.2) is 36.3 Å². The van der Waals surface area contributed by atoms with Gasteiger partial charge in [0.2, 0.25) is 11.8 Å². The molecule has 1 unspecified atom stereocenters. The Morgan fingerprint density at radius 2 is 1.80 bits per heavy atom. The van der Waals surface area contributed by atoms with Gasteiger partial charge in [-0.1, -0.05) is 11.6 Å². The first-order valence-electron chi connectivity index (χ1n) is 6.24. The topological polar surface area (TPSA) is 64.4 Å². The van der Waals surface area contributed by atoms with Gasteiger partial charge in [0.05, 0.1) is 25.1 Å². The number of imide groups is 1. The maximum absolute atomic E-state index is 12.0. The summed E-state index contributed by atoms with van der Waals surface area (Å²) in [6.07, 6.45) is 0. The fourth-order valence-electron chi connectivity index (χ4n) is 2.05. The highest BCUT2D eigenvalue weighted by atomic mass is 35.5. The molecule has 1 saturated heterocycles. The lowest BCUT2D eigenvalue weighted by Gasteiger charge is -2.34. The summed E-state index contributed by atoms with van der Waals surface area (Å²) in [4.78, 5) is 26.9. The van der Waals surface area contributed by atoms with E-state index in [1.165, 1.54) is 4.90 Å². The molecule has 1 aromatic rings. The van der Waals surface area contributed by atoms with Crippen LogP contribution in [0.15, 0.2) is 24.3 Å². The number of hydrogen-bond donors (Lipinski definition) is 0. The second-order valence-corrected chi connectivity index (χ2v) is 5.20. The van der Waals surface area contributed by atoms with Gasteiger partial charge in [-0.15, -0.1) is 0 Å². The van der Waals surface area contributed by atoms with E-state index in [1.807, 2.05) is 6.07 Å². The standard InChI is InChI=1S/C14H14ClN3O2/c1-10(6-16)7-18-13(19)8-17(9-14(18)20)12-4-2-11(15)3-5-12/h2-5,10H,7-9H2,1H3. The Morgan fingerprint density at radius 3 is 2.30 bits per heavy atom. The molecule has 0 saturated carbocycles. The molecule has 1 aliphatic heterocycles. The molecule has 20 heavy (non-hydrogen) atoms. The number of benzene rings is 1. The summed E-state index contributed by atoms with van der Waals surface area (Å²) in [5, 5.41) is 9.38. The van der Waals surface area contributed by atoms with Crippen molar-refractivity contribution in [2.75, 3.05) is 24.5 Å². The van der Waals surface area contributed by atoms with Gasteiger partial charge in [0.15, 0.2) is 0 Å². The first kappa shape index (κ1) is 14.4. The van der Waals surface area contributed by atoms with Gasteiger partial charge in [0.25, 0.3) is 0 Å². The normalized spacial score (nSPS) is 17.1. The van der Waals surface area contributed by atoms with Gasteiger partial charge in [-0.25, -0.2) is 0 Å². The lowest BCUT2D eigenvalue weighted by Crippen LogP contribution is -2.55. The zero-order valence-corrected chi connectivity index (χ0v) is 11.8. The van der Waals surface area contributed by atoms with Gasteiger partial charge >= 0.3 is 0 Å². The molecule has 1 fully saturated rings. The average molecular weight is 292 g/mol. The van der Waals surface area contributed by atoms with Gasteiger partial charge in [0.1, 0.15) is 0 Å². The van der Waals surface area contributed by atoms with E-state index in [2.05, 4.69) is 0 Å². The van der Waals surface area contributed by atoms with Crippen molar-refractivity contribution in [1.82, 2.24) is 4.90 Å². The van der Waals surface area contributed by atoms with E-state index in [0.29, 0.717) is 5.02 Å². The summed E-state index contributed by atoms with van der Waals surface area (Å²) >= 11 is 5.81. The largest absolute Gasteiger partial charge is 0.353 e. The molecule has 2 amide bonds. The van der Waals surface area contributed by atoms with Crippen LogP contribution in [0.25, 0.3) is 0 Å². The molecule has 0 radical (unpaired) electrons. The molecular weight excluding hydrogens is 278 g/mol. The summed E-state index contributed by atoms with van der Waals surface area (Å²) in [7, 11) is 0. The number of rotatable bonds is 3. The third kappa shape index (κ3) is 3.09. The molecule has 5 nitrogen and oxygen atoms in total. The number of piperazine rings is 1. The van der Waals surface area contributed by atoms with Crippen molar-refractivity contribution in [2.45, 2.75) is 6.92 Å². The Balaban J connectivity index is 2.10. The zero-order valence-electron chi connectivity index (χ0n) is 11.0. The second kappa shape index (κ2) is 5.93. The van der Waals surface area contributed by atoms with Gasteiger partial charge in [0, 0.05) is 17.3 Å². The Morgan fingerprint density at radius 1 is 1.25 bits per heavy atom. The number of nitriles is 1. The second-order valence-electron chi connectivity index (χ2n) is 4.76. The molecule has 0 spiro atoms. The smallest absolute Gasteiger partial charge is 0.248 e. The van der Waals surface area contributed by atoms with E-state index in [9.17, 15) is 9.59 Å². The number of carbonyl (C=O) groups is 2. The lowest BCUT2D eigenvalue weighted by molar-refractivity contribution is -0.145. The van der Waals surface area contributed by atoms with E-state index in [-0.39, 0.29) is 37.4 Å². The summed E-state index contributed by atoms with van der Waals surface area (Å²) < 4.78 is 0. The lowest BCUT2D eigenvalue weighted by atomic mass is 10.1. The Labute approximate surface area is 122 Å². The zero-order chi connectivity index (χ0) is 14.7. The highest BCUT2D eigenvalue weighted by Crippen LogP contribution is 2.20. The van der Waals surface area contributed by atoms with Crippen LogP contribution in [-0.2, 0) is 9.59 Å². The van der Waals surface area contributed by atoms with Crippen LogP contribution in [0.3, 0.4) is 0 Å². The molecule has 104 valence electrons. The van der Waals surface area contributed by atoms with Gasteiger partial charge in [-0.3, -0.25) is 14.5 Å². The van der Waals surface area contributed by atoms with E-state index < -0.39 is 0 Å². The quantitative estimate of drug-likeness (QED) is 0.795. The van der Waals surface area contributed by atoms with E-state index >= 15 is 0 Å². The molecule has 0 aliphatic carbocycles. The number of carbonyl (C=O) groups excluding carboxylic acids is 2. The fraction of sp³-hybridized carbons (Fsp3) is 0.357. The summed E-state index contributed by atoms with van der Waals surface area (Å²) in [5.41, 5.74) is 0.782. The van der Waals surface area contributed by atoms with Crippen LogP contribution < -0.4 is 4.90 Å². The highest BCUT2D eigenvalue weighted by Gasteiger charge is 2.31. The number of hydrogen-bond acceptors (Lipinski definition) is 4. The van der Waals surface area contributed by atoms with Crippen LogP contribution >= 0.6 is 11.6 Å². The van der Waals surface area contributed by atoms with Crippen LogP contribution in [0, 0.1) is 17.2 Å². The van der Waals surface area contributed by atoms with Crippen LogP contribution in [0.4, 0.5) is 5.69 Å². The van der Waals surface area contributed by atoms with Crippen molar-refractivity contribution < 1.29 is 9.59 Å². The number of amides is 2. The summed E-state index contributed by atoms with van der Waals surface area (Å²) in [6, 6.07) is 9.01. The number of halogens is 1. The number of nitrogens with zero attached hydrogens (tertiary/aromatic N) is 3. The predicted molar refractivity (Wildman–Crippen MR) is 75.2 cm³/mol. The molecule has 1 aromatic carbocycles. The maximum Gasteiger partial charge on any atom is 0.248 e. The Kier molecular flexibility index (Phi) is 4.26. The third-order valence-electron chi connectivity index (χ3n) is 3.12. The van der Waals surface area contributed by atoms with E-state index in [1.54, 1.807) is 36.1 Å². The van der Waals surface area contributed by atoms with E-state index in [4.69, 9.17) is 16.9 Å². The van der Waals surface area contributed by atoms with E-state index in [0.717, 1.165) is 5.69 Å². The van der Waals surface area contributed by atoms with Crippen molar-refractivity contribution in [3.05, 3.63) is 29.3 Å². The first-order valence-corrected chi connectivity index (χ1v) is 6.62. The van der Waals surface area contributed by atoms with Crippen molar-refractivity contribution in [3.63, 3.8) is 0 Å². The molecule has 1 heterocycles. The Bertz CT molecular complexity index is 547. The van der Waals surface area contributed by atoms with Crippen molar-refractivity contribution in [2.24, 2.45) is 5.92 Å². The van der Waals surface area contributed by atoms with Gasteiger partial charge < -0.3 is 4.90 Å². The minimum Gasteiger partial charge on any atom is -0.353 e. The summed E-state index contributed by atoms with van der Waals surface area (Å²) in [6.45, 7) is 2.10. The molecule has 0 N–H and O–H groups in total. The minimum atomic E-state index is -0.356. The van der Waals surface area contributed by atoms with Crippen LogP contribution in [0.1, 0.15) is 6.92 Å². The van der Waals surface area contributed by atoms with Crippen LogP contribution in [0.2, 0.25) is 5.02 Å². The van der Waals surface area contributed by atoms with Gasteiger partial charge in [-0.2, -0.15) is 5.26 Å². The third-order valence-corrected chi connectivity index (χ3v) is 3.37. The summed E-state index contributed by atoms with van der Waals surface area (Å²) in [5.74, 6) is -0.915.